The molecule has 1 aliphatic rings. The Kier molecular flexibility index (Phi) is 7.10. The highest BCUT2D eigenvalue weighted by atomic mass is 35.5. The molecule has 1 amide bonds. The summed E-state index contributed by atoms with van der Waals surface area (Å²) in [5.41, 5.74) is -1.76. The van der Waals surface area contributed by atoms with E-state index in [1.807, 2.05) is 0 Å². The Morgan fingerprint density at radius 3 is 2.33 bits per heavy atom. The number of carbonyl (C=O) groups excluding carboxylic acids is 2. The molecule has 0 fully saturated rings. The van der Waals surface area contributed by atoms with Crippen LogP contribution in [0.4, 0.5) is 13.2 Å². The molecule has 5 nitrogen and oxygen atoms in total. The van der Waals surface area contributed by atoms with Crippen molar-refractivity contribution in [3.8, 4) is 0 Å². The molecule has 1 heterocycles. The van der Waals surface area contributed by atoms with Gasteiger partial charge in [0.15, 0.2) is 5.78 Å². The van der Waals surface area contributed by atoms with E-state index in [2.05, 4.69) is 10.5 Å². The van der Waals surface area contributed by atoms with Crippen LogP contribution in [0, 0.1) is 6.92 Å². The lowest BCUT2D eigenvalue weighted by atomic mass is 9.86. The Morgan fingerprint density at radius 2 is 1.79 bits per heavy atom. The van der Waals surface area contributed by atoms with Crippen molar-refractivity contribution in [2.45, 2.75) is 51.4 Å². The van der Waals surface area contributed by atoms with E-state index in [0.717, 1.165) is 12.1 Å². The average Bonchev–Trinajstić information content (AvgIpc) is 3.13. The van der Waals surface area contributed by atoms with Gasteiger partial charge in [-0.05, 0) is 56.2 Å². The van der Waals surface area contributed by atoms with E-state index in [4.69, 9.17) is 28.0 Å². The number of amides is 1. The van der Waals surface area contributed by atoms with Crippen molar-refractivity contribution in [2.24, 2.45) is 5.16 Å². The van der Waals surface area contributed by atoms with Gasteiger partial charge in [0.1, 0.15) is 0 Å². The molecular formula is C23H21Cl2F3N2O3. The van der Waals surface area contributed by atoms with Gasteiger partial charge in [-0.1, -0.05) is 40.5 Å². The van der Waals surface area contributed by atoms with Crippen molar-refractivity contribution in [1.82, 2.24) is 5.32 Å². The molecule has 2 aromatic rings. The van der Waals surface area contributed by atoms with Crippen molar-refractivity contribution >= 4 is 40.6 Å². The molecule has 0 saturated carbocycles. The highest BCUT2D eigenvalue weighted by Crippen LogP contribution is 2.49. The zero-order valence-corrected chi connectivity index (χ0v) is 19.5. The first kappa shape index (κ1) is 25.1. The molecule has 1 N–H and O–H groups in total. The maximum atomic E-state index is 14.1. The highest BCUT2D eigenvalue weighted by molar-refractivity contribution is 6.34. The molecule has 2 aromatic carbocycles. The van der Waals surface area contributed by atoms with Gasteiger partial charge in [-0.3, -0.25) is 9.59 Å². The molecule has 10 heteroatoms. The minimum atomic E-state index is -4.80. The van der Waals surface area contributed by atoms with E-state index >= 15 is 0 Å². The average molecular weight is 501 g/mol. The van der Waals surface area contributed by atoms with Crippen LogP contribution in [0.25, 0.3) is 0 Å². The minimum absolute atomic E-state index is 0.0402. The highest BCUT2D eigenvalue weighted by Gasteiger charge is 2.62. The largest absolute Gasteiger partial charge is 0.435 e. The van der Waals surface area contributed by atoms with Crippen LogP contribution in [-0.4, -0.2) is 29.6 Å². The van der Waals surface area contributed by atoms with Crippen molar-refractivity contribution in [3.63, 3.8) is 0 Å². The van der Waals surface area contributed by atoms with Gasteiger partial charge in [-0.15, -0.1) is 0 Å². The van der Waals surface area contributed by atoms with Crippen LogP contribution < -0.4 is 5.32 Å². The van der Waals surface area contributed by atoms with Crippen LogP contribution in [0.3, 0.4) is 0 Å². The Labute approximate surface area is 198 Å². The lowest BCUT2D eigenvalue weighted by molar-refractivity contribution is -0.275. The molecule has 3 rings (SSSR count). The zero-order chi connectivity index (χ0) is 24.6. The van der Waals surface area contributed by atoms with Crippen molar-refractivity contribution in [3.05, 3.63) is 68.7 Å². The first-order valence-corrected chi connectivity index (χ1v) is 10.8. The molecule has 33 heavy (non-hydrogen) atoms. The first-order valence-electron chi connectivity index (χ1n) is 10.0. The number of nitrogens with one attached hydrogen (secondary N) is 1. The van der Waals surface area contributed by atoms with Gasteiger partial charge < -0.3 is 10.2 Å². The summed E-state index contributed by atoms with van der Waals surface area (Å²) in [5.74, 6) is -0.790. The molecule has 1 unspecified atom stereocenters. The molecule has 1 atom stereocenters. The van der Waals surface area contributed by atoms with E-state index in [0.29, 0.717) is 16.7 Å². The van der Waals surface area contributed by atoms with Crippen LogP contribution in [0.1, 0.15) is 53.7 Å². The molecule has 0 spiro atoms. The van der Waals surface area contributed by atoms with Crippen molar-refractivity contribution < 1.29 is 27.6 Å². The summed E-state index contributed by atoms with van der Waals surface area (Å²) < 4.78 is 42.4. The summed E-state index contributed by atoms with van der Waals surface area (Å²) in [7, 11) is 0. The first-order chi connectivity index (χ1) is 15.3. The Morgan fingerprint density at radius 1 is 1.15 bits per heavy atom. The van der Waals surface area contributed by atoms with Gasteiger partial charge in [0, 0.05) is 33.6 Å². The summed E-state index contributed by atoms with van der Waals surface area (Å²) >= 11 is 11.8. The lowest BCUT2D eigenvalue weighted by Gasteiger charge is -2.29. The second-order valence-electron chi connectivity index (χ2n) is 8.14. The smallest absolute Gasteiger partial charge is 0.374 e. The molecule has 0 radical (unpaired) electrons. The van der Waals surface area contributed by atoms with Crippen LogP contribution >= 0.6 is 23.2 Å². The number of rotatable bonds is 6. The Bertz CT molecular complexity index is 1110. The van der Waals surface area contributed by atoms with E-state index in [-0.39, 0.29) is 39.6 Å². The van der Waals surface area contributed by atoms with Gasteiger partial charge in [0.2, 0.25) is 5.91 Å². The van der Waals surface area contributed by atoms with Crippen LogP contribution in [0.2, 0.25) is 10.0 Å². The number of hydrogen-bond donors (Lipinski definition) is 1. The van der Waals surface area contributed by atoms with E-state index in [1.54, 1.807) is 26.8 Å². The predicted octanol–water partition coefficient (Wildman–Crippen LogP) is 5.98. The molecule has 0 aliphatic carbocycles. The Balaban J connectivity index is 1.87. The lowest BCUT2D eigenvalue weighted by Crippen LogP contribution is -2.42. The third-order valence-electron chi connectivity index (χ3n) is 5.15. The predicted molar refractivity (Wildman–Crippen MR) is 120 cm³/mol. The number of Topliss-reactive ketones (excluding diaryl/α,β-unsaturated/α-hetero) is 1. The van der Waals surface area contributed by atoms with E-state index < -0.39 is 24.1 Å². The third kappa shape index (κ3) is 5.33. The topological polar surface area (TPSA) is 67.8 Å². The summed E-state index contributed by atoms with van der Waals surface area (Å²) in [6.07, 6.45) is -5.73. The van der Waals surface area contributed by atoms with Gasteiger partial charge in [0.25, 0.3) is 5.60 Å². The molecule has 0 saturated heterocycles. The number of halogens is 5. The normalized spacial score (nSPS) is 18.2. The number of hydrogen-bond acceptors (Lipinski definition) is 4. The second-order valence-corrected chi connectivity index (χ2v) is 9.01. The maximum absolute atomic E-state index is 14.1. The summed E-state index contributed by atoms with van der Waals surface area (Å²) in [6, 6.07) is 8.03. The minimum Gasteiger partial charge on any atom is -0.374 e. The number of nitrogens with zero attached hydrogens (tertiary/aromatic N) is 1. The summed E-state index contributed by atoms with van der Waals surface area (Å²) in [6.45, 7) is 5.21. The summed E-state index contributed by atoms with van der Waals surface area (Å²) in [4.78, 5) is 29.4. The van der Waals surface area contributed by atoms with Gasteiger partial charge >= 0.3 is 6.18 Å². The van der Waals surface area contributed by atoms with Gasteiger partial charge in [-0.25, -0.2) is 0 Å². The number of carbonyl (C=O) groups is 2. The quantitative estimate of drug-likeness (QED) is 0.391. The fourth-order valence-electron chi connectivity index (χ4n) is 3.62. The number of benzene rings is 2. The second kappa shape index (κ2) is 9.35. The number of aryl methyl sites for hydroxylation is 1. The molecule has 0 aromatic heterocycles. The number of alkyl halides is 3. The SMILES string of the molecule is Cc1cc(C2=NOC(c3cc(Cl)cc(Cl)c3)(C(F)(F)F)C2)ccc1C(=O)CC(=O)NC(C)C. The van der Waals surface area contributed by atoms with E-state index in [1.165, 1.54) is 18.2 Å². The van der Waals surface area contributed by atoms with Crippen LogP contribution in [0.5, 0.6) is 0 Å². The van der Waals surface area contributed by atoms with Crippen LogP contribution in [0.15, 0.2) is 41.6 Å². The standard InChI is InChI=1S/C23H21Cl2F3N2O3/c1-12(2)29-21(32)10-20(31)18-5-4-14(6-13(18)3)19-11-22(33-30-19,23(26,27)28)15-7-16(24)9-17(25)8-15/h4-9,12H,10-11H2,1-3H3,(H,29,32). The van der Waals surface area contributed by atoms with Gasteiger partial charge in [-0.2, -0.15) is 13.2 Å². The van der Waals surface area contributed by atoms with Gasteiger partial charge in [0.05, 0.1) is 12.1 Å². The van der Waals surface area contributed by atoms with Crippen molar-refractivity contribution in [2.75, 3.05) is 0 Å². The van der Waals surface area contributed by atoms with Crippen LogP contribution in [-0.2, 0) is 15.2 Å². The molecule has 1 aliphatic heterocycles. The molecular weight excluding hydrogens is 480 g/mol. The number of ketones is 1. The zero-order valence-electron chi connectivity index (χ0n) is 18.0. The Hall–Kier alpha value is -2.58. The van der Waals surface area contributed by atoms with Crippen molar-refractivity contribution in [1.29, 1.82) is 0 Å². The van der Waals surface area contributed by atoms with E-state index in [9.17, 15) is 22.8 Å². The fourth-order valence-corrected chi connectivity index (χ4v) is 4.14. The fraction of sp³-hybridized carbons (Fsp3) is 0.348. The number of oxime groups is 1. The summed E-state index contributed by atoms with van der Waals surface area (Å²) in [5, 5.41) is 6.45. The molecule has 176 valence electrons. The molecule has 0 bridgehead atoms. The maximum Gasteiger partial charge on any atom is 0.435 e. The third-order valence-corrected chi connectivity index (χ3v) is 5.58. The monoisotopic (exact) mass is 500 g/mol.